The first-order valence-corrected chi connectivity index (χ1v) is 18.0. The zero-order valence-corrected chi connectivity index (χ0v) is 31.1. The van der Waals surface area contributed by atoms with Gasteiger partial charge in [0.25, 0.3) is 5.09 Å². The van der Waals surface area contributed by atoms with Gasteiger partial charge in [0.2, 0.25) is 5.78 Å². The molecule has 5 rings (SSSR count). The SMILES string of the molecule is COc1cc(C=CC(=O)OCCCCO[N+](=O)[O-])ccc1OC(=O)NCC(=O)OCC(=O)[C@@]1(O)[C@H](O)C[C@H]2[C@@H]3CC=C4CC(=O)C=C[C@]4(C)[C@@]3(F)[C@@H](O)C[C@@]21C. The Labute approximate surface area is 320 Å². The molecule has 17 nitrogen and oxygen atoms in total. The maximum absolute atomic E-state index is 17.3. The van der Waals surface area contributed by atoms with E-state index in [0.29, 0.717) is 24.0 Å². The van der Waals surface area contributed by atoms with Crippen LogP contribution in [0.2, 0.25) is 0 Å². The number of ketones is 2. The van der Waals surface area contributed by atoms with Gasteiger partial charge in [-0.15, -0.1) is 10.1 Å². The molecule has 0 aromatic heterocycles. The number of esters is 2. The standard InChI is InChI=1S/C38H45FN2O15/c1-35-13-12-24(42)17-23(35)8-9-25-26-18-29(43)38(49,36(26,2)19-30(44)37(25,35)39)31(45)21-54-33(47)20-40-34(48)56-27-10-6-22(16-28(27)52-3)7-11-32(46)53-14-4-5-15-55-41(50)51/h6-8,10-13,16,25-26,29-30,43-44,49H,4-5,9,14-15,17-21H2,1-3H3,(H,40,48)/t25-,26-,29+,30-,35-,36-,37-,38-/m0/s1. The molecule has 1 aromatic carbocycles. The van der Waals surface area contributed by atoms with Crippen LogP contribution in [-0.4, -0.2) is 107 Å². The molecule has 18 heteroatoms. The van der Waals surface area contributed by atoms with E-state index in [0.717, 1.165) is 6.08 Å². The number of nitrogens with one attached hydrogen (secondary N) is 1. The van der Waals surface area contributed by atoms with E-state index in [-0.39, 0.29) is 49.8 Å². The molecule has 8 atom stereocenters. The number of fused-ring (bicyclic) bond motifs is 5. The zero-order valence-electron chi connectivity index (χ0n) is 31.1. The first kappa shape index (κ1) is 42.0. The predicted molar refractivity (Wildman–Crippen MR) is 190 cm³/mol. The van der Waals surface area contributed by atoms with Crippen molar-refractivity contribution < 1.29 is 72.6 Å². The summed E-state index contributed by atoms with van der Waals surface area (Å²) in [4.78, 5) is 77.0. The lowest BCUT2D eigenvalue weighted by atomic mass is 9.45. The number of hydrogen-bond donors (Lipinski definition) is 4. The molecule has 4 N–H and O–H groups in total. The monoisotopic (exact) mass is 788 g/mol. The molecule has 56 heavy (non-hydrogen) atoms. The van der Waals surface area contributed by atoms with Gasteiger partial charge >= 0.3 is 18.0 Å². The van der Waals surface area contributed by atoms with Gasteiger partial charge in [-0.3, -0.25) is 14.4 Å². The smallest absolute Gasteiger partial charge is 0.413 e. The van der Waals surface area contributed by atoms with Crippen molar-refractivity contribution in [3.8, 4) is 11.5 Å². The van der Waals surface area contributed by atoms with Crippen LogP contribution in [0, 0.1) is 32.8 Å². The molecule has 4 aliphatic carbocycles. The number of carbonyl (C=O) groups is 5. The van der Waals surface area contributed by atoms with Gasteiger partial charge in [0.1, 0.15) is 6.54 Å². The summed E-state index contributed by atoms with van der Waals surface area (Å²) in [7, 11) is 1.30. The number of allylic oxidation sites excluding steroid dienone is 4. The van der Waals surface area contributed by atoms with Crippen LogP contribution in [0.4, 0.5) is 9.18 Å². The van der Waals surface area contributed by atoms with Gasteiger partial charge < -0.3 is 44.4 Å². The molecule has 2 saturated carbocycles. The number of rotatable bonds is 15. The average Bonchev–Trinajstić information content (AvgIpc) is 3.35. The number of halogens is 1. The second kappa shape index (κ2) is 16.5. The number of amides is 1. The van der Waals surface area contributed by atoms with Crippen molar-refractivity contribution in [3.63, 3.8) is 0 Å². The summed E-state index contributed by atoms with van der Waals surface area (Å²) in [6, 6.07) is 4.31. The molecule has 2 fully saturated rings. The lowest BCUT2D eigenvalue weighted by Gasteiger charge is -2.61. The van der Waals surface area contributed by atoms with E-state index >= 15 is 4.39 Å². The number of ether oxygens (including phenoxy) is 4. The topological polar surface area (TPSA) is 247 Å². The predicted octanol–water partition coefficient (Wildman–Crippen LogP) is 2.51. The number of carbonyl (C=O) groups excluding carboxylic acids is 5. The van der Waals surface area contributed by atoms with Crippen molar-refractivity contribution in [2.75, 3.05) is 33.5 Å². The van der Waals surface area contributed by atoms with E-state index in [9.17, 15) is 49.4 Å². The van der Waals surface area contributed by atoms with Crippen LogP contribution < -0.4 is 14.8 Å². The summed E-state index contributed by atoms with van der Waals surface area (Å²) in [5, 5.41) is 45.8. The lowest BCUT2D eigenvalue weighted by Crippen LogP contribution is -2.69. The number of alkyl halides is 1. The Morgan fingerprint density at radius 3 is 2.52 bits per heavy atom. The van der Waals surface area contributed by atoms with Crippen molar-refractivity contribution in [2.45, 2.75) is 75.9 Å². The van der Waals surface area contributed by atoms with Crippen molar-refractivity contribution >= 4 is 35.7 Å². The summed E-state index contributed by atoms with van der Waals surface area (Å²) >= 11 is 0. The quantitative estimate of drug-likeness (QED) is 0.0498. The fraction of sp³-hybridized carbons (Fsp3) is 0.553. The summed E-state index contributed by atoms with van der Waals surface area (Å²) in [5.74, 6) is -4.63. The van der Waals surface area contributed by atoms with Crippen LogP contribution in [0.5, 0.6) is 11.5 Å². The third-order valence-corrected chi connectivity index (χ3v) is 11.8. The normalized spacial score (nSPS) is 31.6. The molecule has 0 radical (unpaired) electrons. The summed E-state index contributed by atoms with van der Waals surface area (Å²) in [6.45, 7) is 1.30. The van der Waals surface area contributed by atoms with Gasteiger partial charge in [0.05, 0.1) is 32.5 Å². The Kier molecular flexibility index (Phi) is 12.4. The third kappa shape index (κ3) is 7.77. The fourth-order valence-electron chi connectivity index (χ4n) is 8.82. The minimum absolute atomic E-state index is 0.0161. The molecular weight excluding hydrogens is 743 g/mol. The second-order valence-corrected chi connectivity index (χ2v) is 14.8. The van der Waals surface area contributed by atoms with Crippen LogP contribution in [0.1, 0.15) is 57.9 Å². The minimum atomic E-state index is -2.51. The Hall–Kier alpha value is -5.20. The van der Waals surface area contributed by atoms with E-state index in [1.54, 1.807) is 13.0 Å². The van der Waals surface area contributed by atoms with Crippen LogP contribution in [0.3, 0.4) is 0 Å². The Morgan fingerprint density at radius 2 is 1.80 bits per heavy atom. The van der Waals surface area contributed by atoms with Crippen LogP contribution in [-0.2, 0) is 33.5 Å². The largest absolute Gasteiger partial charge is 0.493 e. The molecule has 0 spiro atoms. The lowest BCUT2D eigenvalue weighted by molar-refractivity contribution is -0.757. The van der Waals surface area contributed by atoms with Gasteiger partial charge in [-0.1, -0.05) is 30.7 Å². The van der Waals surface area contributed by atoms with Crippen molar-refractivity contribution in [2.24, 2.45) is 22.7 Å². The molecule has 0 bridgehead atoms. The third-order valence-electron chi connectivity index (χ3n) is 11.8. The molecule has 0 saturated heterocycles. The number of methoxy groups -OCH3 is 1. The van der Waals surface area contributed by atoms with Crippen molar-refractivity contribution in [1.29, 1.82) is 0 Å². The first-order valence-electron chi connectivity index (χ1n) is 18.0. The second-order valence-electron chi connectivity index (χ2n) is 14.8. The van der Waals surface area contributed by atoms with Gasteiger partial charge in [-0.2, -0.15) is 0 Å². The number of aliphatic hydroxyl groups excluding tert-OH is 2. The molecule has 0 unspecified atom stereocenters. The van der Waals surface area contributed by atoms with Crippen molar-refractivity contribution in [1.82, 2.24) is 5.32 Å². The van der Waals surface area contributed by atoms with Gasteiger partial charge in [0.15, 0.2) is 35.2 Å². The molecule has 304 valence electrons. The van der Waals surface area contributed by atoms with Gasteiger partial charge in [-0.05, 0) is 74.8 Å². The Morgan fingerprint density at radius 1 is 1.07 bits per heavy atom. The molecule has 0 heterocycles. The highest BCUT2D eigenvalue weighted by Crippen LogP contribution is 2.69. The first-order chi connectivity index (χ1) is 26.4. The van der Waals surface area contributed by atoms with Crippen LogP contribution >= 0.6 is 0 Å². The van der Waals surface area contributed by atoms with E-state index in [4.69, 9.17) is 18.9 Å². The van der Waals surface area contributed by atoms with Gasteiger partial charge in [-0.25, -0.2) is 14.0 Å². The van der Waals surface area contributed by atoms with E-state index < -0.39 is 94.6 Å². The summed E-state index contributed by atoms with van der Waals surface area (Å²) in [5.41, 5.74) is -6.55. The van der Waals surface area contributed by atoms with Crippen molar-refractivity contribution in [3.05, 3.63) is 63.8 Å². The maximum atomic E-state index is 17.3. The van der Waals surface area contributed by atoms with E-state index in [2.05, 4.69) is 10.2 Å². The highest BCUT2D eigenvalue weighted by atomic mass is 19.1. The molecule has 4 aliphatic rings. The van der Waals surface area contributed by atoms with Gasteiger partial charge in [0, 0.05) is 29.2 Å². The van der Waals surface area contributed by atoms with Crippen LogP contribution in [0.25, 0.3) is 6.08 Å². The molecule has 0 aliphatic heterocycles. The minimum Gasteiger partial charge on any atom is -0.493 e. The highest BCUT2D eigenvalue weighted by Gasteiger charge is 2.76. The van der Waals surface area contributed by atoms with E-state index in [1.807, 2.05) is 0 Å². The zero-order chi connectivity index (χ0) is 41.1. The Bertz CT molecular complexity index is 1850. The molecular formula is C38H45FN2O15. The average molecular weight is 789 g/mol. The molecule has 1 amide bonds. The Balaban J connectivity index is 1.12. The number of nitrogens with zero attached hydrogens (tertiary/aromatic N) is 1. The summed E-state index contributed by atoms with van der Waals surface area (Å²) < 4.78 is 37.8. The number of unbranched alkanes of at least 4 members (excludes halogenated alkanes) is 1. The fourth-order valence-corrected chi connectivity index (χ4v) is 8.82. The molecule has 1 aromatic rings. The number of aliphatic hydroxyl groups is 3. The van der Waals surface area contributed by atoms with Crippen LogP contribution in [0.15, 0.2) is 48.1 Å². The summed E-state index contributed by atoms with van der Waals surface area (Å²) in [6.07, 6.45) is 2.93. The highest BCUT2D eigenvalue weighted by molar-refractivity contribution is 5.94. The maximum Gasteiger partial charge on any atom is 0.413 e. The van der Waals surface area contributed by atoms with E-state index in [1.165, 1.54) is 50.5 Å². The number of Topliss-reactive ketones (excluding diaryl/α,β-unsaturated/α-hetero) is 1. The number of hydrogen-bond acceptors (Lipinski definition) is 15. The number of benzene rings is 1.